The van der Waals surface area contributed by atoms with Gasteiger partial charge in [-0.25, -0.2) is 9.48 Å². The predicted octanol–water partition coefficient (Wildman–Crippen LogP) is 4.01. The average molecular weight is 428 g/mol. The minimum atomic E-state index is -0.647. The van der Waals surface area contributed by atoms with Crippen molar-refractivity contribution >= 4 is 29.2 Å². The minimum absolute atomic E-state index is 0.307. The van der Waals surface area contributed by atoms with Crippen LogP contribution in [-0.2, 0) is 14.3 Å². The fourth-order valence-corrected chi connectivity index (χ4v) is 2.97. The van der Waals surface area contributed by atoms with Gasteiger partial charge in [-0.15, -0.1) is 0 Å². The molecule has 156 valence electrons. The van der Waals surface area contributed by atoms with Gasteiger partial charge in [0, 0.05) is 5.02 Å². The van der Waals surface area contributed by atoms with Crippen molar-refractivity contribution in [1.82, 2.24) is 9.78 Å². The number of carbonyl (C=O) groups excluding carboxylic acids is 2. The van der Waals surface area contributed by atoms with Gasteiger partial charge in [-0.05, 0) is 56.7 Å². The molecular weight excluding hydrogens is 406 g/mol. The van der Waals surface area contributed by atoms with Crippen LogP contribution in [0.25, 0.3) is 5.69 Å². The van der Waals surface area contributed by atoms with E-state index in [9.17, 15) is 9.59 Å². The molecule has 0 fully saturated rings. The monoisotopic (exact) mass is 427 g/mol. The van der Waals surface area contributed by atoms with Crippen molar-refractivity contribution in [3.05, 3.63) is 70.5 Å². The third kappa shape index (κ3) is 5.18. The summed E-state index contributed by atoms with van der Waals surface area (Å²) < 4.78 is 12.1. The highest BCUT2D eigenvalue weighted by molar-refractivity contribution is 6.31. The molecule has 1 N–H and O–H groups in total. The maximum Gasteiger partial charge on any atom is 0.344 e. The van der Waals surface area contributed by atoms with Gasteiger partial charge in [0.25, 0.3) is 5.91 Å². The number of nitrogens with zero attached hydrogens (tertiary/aromatic N) is 2. The number of halogens is 1. The zero-order valence-electron chi connectivity index (χ0n) is 16.9. The van der Waals surface area contributed by atoms with Crippen molar-refractivity contribution in [2.24, 2.45) is 0 Å². The topological polar surface area (TPSA) is 82.4 Å². The first-order chi connectivity index (χ1) is 14.3. The van der Waals surface area contributed by atoms with E-state index in [4.69, 9.17) is 21.1 Å². The number of ether oxygens (including phenoxy) is 2. The van der Waals surface area contributed by atoms with Gasteiger partial charge >= 0.3 is 5.97 Å². The van der Waals surface area contributed by atoms with E-state index in [0.29, 0.717) is 22.2 Å². The van der Waals surface area contributed by atoms with E-state index in [1.165, 1.54) is 0 Å². The van der Waals surface area contributed by atoms with E-state index in [1.54, 1.807) is 29.8 Å². The number of anilines is 1. The van der Waals surface area contributed by atoms with Crippen LogP contribution in [0, 0.1) is 20.8 Å². The highest BCUT2D eigenvalue weighted by atomic mass is 35.5. The number of carbonyl (C=O) groups is 2. The van der Waals surface area contributed by atoms with E-state index < -0.39 is 18.5 Å². The molecule has 3 rings (SSSR count). The second kappa shape index (κ2) is 9.45. The summed E-state index contributed by atoms with van der Waals surface area (Å²) in [5, 5.41) is 7.84. The van der Waals surface area contributed by atoms with Gasteiger partial charge in [0.15, 0.2) is 13.2 Å². The minimum Gasteiger partial charge on any atom is -0.482 e. The Morgan fingerprint density at radius 3 is 2.50 bits per heavy atom. The Balaban J connectivity index is 1.53. The van der Waals surface area contributed by atoms with Crippen molar-refractivity contribution < 1.29 is 19.1 Å². The molecule has 0 saturated heterocycles. The quantitative estimate of drug-likeness (QED) is 0.576. The maximum atomic E-state index is 12.2. The summed E-state index contributed by atoms with van der Waals surface area (Å²) in [7, 11) is 0. The fourth-order valence-electron chi connectivity index (χ4n) is 2.86. The molecule has 1 heterocycles. The van der Waals surface area contributed by atoms with Crippen LogP contribution in [0.1, 0.15) is 17.0 Å². The van der Waals surface area contributed by atoms with Crippen LogP contribution in [0.4, 0.5) is 5.69 Å². The molecule has 0 aliphatic carbocycles. The van der Waals surface area contributed by atoms with Crippen molar-refractivity contribution in [3.63, 3.8) is 0 Å². The molecule has 0 aliphatic heterocycles. The van der Waals surface area contributed by atoms with Crippen LogP contribution < -0.4 is 10.1 Å². The maximum absolute atomic E-state index is 12.2. The number of nitrogens with one attached hydrogen (secondary N) is 1. The lowest BCUT2D eigenvalue weighted by molar-refractivity contribution is -0.149. The van der Waals surface area contributed by atoms with Gasteiger partial charge < -0.3 is 14.8 Å². The van der Waals surface area contributed by atoms with Crippen LogP contribution in [0.2, 0.25) is 5.02 Å². The molecule has 8 heteroatoms. The third-order valence-electron chi connectivity index (χ3n) is 4.41. The fraction of sp³-hybridized carbons (Fsp3) is 0.227. The summed E-state index contributed by atoms with van der Waals surface area (Å²) in [6.07, 6.45) is 0. The molecule has 0 radical (unpaired) electrons. The molecule has 0 atom stereocenters. The normalized spacial score (nSPS) is 10.5. The molecule has 0 spiro atoms. The summed E-state index contributed by atoms with van der Waals surface area (Å²) in [6.45, 7) is 4.77. The van der Waals surface area contributed by atoms with E-state index >= 15 is 0 Å². The molecule has 3 aromatic rings. The first-order valence-electron chi connectivity index (χ1n) is 9.31. The Kier molecular flexibility index (Phi) is 6.74. The predicted molar refractivity (Wildman–Crippen MR) is 114 cm³/mol. The molecule has 1 amide bonds. The number of aryl methyl sites for hydroxylation is 2. The second-order valence-electron chi connectivity index (χ2n) is 6.70. The Bertz CT molecular complexity index is 1060. The summed E-state index contributed by atoms with van der Waals surface area (Å²) in [6, 6.07) is 14.7. The molecule has 7 nitrogen and oxygen atoms in total. The molecule has 0 aliphatic rings. The summed E-state index contributed by atoms with van der Waals surface area (Å²) in [4.78, 5) is 24.1. The Labute approximate surface area is 179 Å². The van der Waals surface area contributed by atoms with Gasteiger partial charge in [0.2, 0.25) is 0 Å². The van der Waals surface area contributed by atoms with Crippen LogP contribution in [-0.4, -0.2) is 34.9 Å². The van der Waals surface area contributed by atoms with Crippen LogP contribution in [0.3, 0.4) is 0 Å². The molecule has 0 unspecified atom stereocenters. The highest BCUT2D eigenvalue weighted by Gasteiger charge is 2.16. The first-order valence-corrected chi connectivity index (χ1v) is 9.69. The number of hydrogen-bond acceptors (Lipinski definition) is 5. The molecular formula is C22H22ClN3O4. The van der Waals surface area contributed by atoms with Gasteiger partial charge in [-0.3, -0.25) is 4.79 Å². The smallest absolute Gasteiger partial charge is 0.344 e. The number of aromatic nitrogens is 2. The second-order valence-corrected chi connectivity index (χ2v) is 7.11. The number of benzene rings is 2. The summed E-state index contributed by atoms with van der Waals surface area (Å²) in [5.41, 5.74) is 3.76. The van der Waals surface area contributed by atoms with Crippen molar-refractivity contribution in [1.29, 1.82) is 0 Å². The number of amides is 1. The number of para-hydroxylation sites is 1. The first kappa shape index (κ1) is 21.4. The molecule has 2 aromatic carbocycles. The van der Waals surface area contributed by atoms with Gasteiger partial charge in [0.1, 0.15) is 5.75 Å². The number of rotatable bonds is 7. The van der Waals surface area contributed by atoms with Gasteiger partial charge in [-0.1, -0.05) is 29.8 Å². The van der Waals surface area contributed by atoms with Crippen LogP contribution >= 0.6 is 11.6 Å². The highest BCUT2D eigenvalue weighted by Crippen LogP contribution is 2.23. The zero-order valence-corrected chi connectivity index (χ0v) is 17.7. The van der Waals surface area contributed by atoms with Crippen LogP contribution in [0.15, 0.2) is 48.5 Å². The van der Waals surface area contributed by atoms with Crippen LogP contribution in [0.5, 0.6) is 5.75 Å². The van der Waals surface area contributed by atoms with E-state index in [2.05, 4.69) is 10.4 Å². The third-order valence-corrected chi connectivity index (χ3v) is 4.83. The lowest BCUT2D eigenvalue weighted by Gasteiger charge is -2.09. The largest absolute Gasteiger partial charge is 0.482 e. The zero-order chi connectivity index (χ0) is 21.7. The standard InChI is InChI=1S/C22H22ClN3O4/c1-14-11-18(9-10-19(14)23)29-13-21(28)30-12-20(27)24-22-15(2)25-26(16(22)3)17-7-5-4-6-8-17/h4-11H,12-13H2,1-3H3,(H,24,27). The summed E-state index contributed by atoms with van der Waals surface area (Å²) >= 11 is 5.96. The van der Waals surface area contributed by atoms with Crippen molar-refractivity contribution in [3.8, 4) is 11.4 Å². The van der Waals surface area contributed by atoms with Crippen molar-refractivity contribution in [2.45, 2.75) is 20.8 Å². The lowest BCUT2D eigenvalue weighted by atomic mass is 10.2. The SMILES string of the molecule is Cc1cc(OCC(=O)OCC(=O)Nc2c(C)nn(-c3ccccc3)c2C)ccc1Cl. The van der Waals surface area contributed by atoms with E-state index in [0.717, 1.165) is 16.9 Å². The molecule has 1 aromatic heterocycles. The summed E-state index contributed by atoms with van der Waals surface area (Å²) in [5.74, 6) is -0.603. The van der Waals surface area contributed by atoms with E-state index in [-0.39, 0.29) is 6.61 Å². The number of hydrogen-bond donors (Lipinski definition) is 1. The van der Waals surface area contributed by atoms with E-state index in [1.807, 2.05) is 44.2 Å². The number of esters is 1. The molecule has 0 bridgehead atoms. The Morgan fingerprint density at radius 1 is 1.07 bits per heavy atom. The molecule has 0 saturated carbocycles. The van der Waals surface area contributed by atoms with Gasteiger partial charge in [-0.2, -0.15) is 5.10 Å². The Morgan fingerprint density at radius 2 is 1.80 bits per heavy atom. The lowest BCUT2D eigenvalue weighted by Crippen LogP contribution is -2.24. The average Bonchev–Trinajstić information content (AvgIpc) is 3.02. The van der Waals surface area contributed by atoms with Crippen molar-refractivity contribution in [2.75, 3.05) is 18.5 Å². The molecule has 30 heavy (non-hydrogen) atoms. The Hall–Kier alpha value is -3.32. The van der Waals surface area contributed by atoms with Gasteiger partial charge in [0.05, 0.1) is 22.8 Å².